The third-order valence-electron chi connectivity index (χ3n) is 9.68. The molecule has 1 saturated heterocycles. The number of carbonyl (C=O) groups is 5. The van der Waals surface area contributed by atoms with Crippen LogP contribution in [0.15, 0.2) is 11.6 Å². The van der Waals surface area contributed by atoms with Gasteiger partial charge in [0.2, 0.25) is 12.4 Å². The van der Waals surface area contributed by atoms with E-state index in [0.29, 0.717) is 11.8 Å². The van der Waals surface area contributed by atoms with Gasteiger partial charge in [-0.15, -0.1) is 0 Å². The van der Waals surface area contributed by atoms with Gasteiger partial charge < -0.3 is 33.5 Å². The molecule has 0 aromatic heterocycles. The summed E-state index contributed by atoms with van der Waals surface area (Å²) >= 11 is 6.99. The zero-order valence-electron chi connectivity index (χ0n) is 32.2. The summed E-state index contributed by atoms with van der Waals surface area (Å²) < 4.78 is 35.6. The molecule has 0 aromatic carbocycles. The maximum absolute atomic E-state index is 14.3. The van der Waals surface area contributed by atoms with Crippen molar-refractivity contribution in [2.75, 3.05) is 32.6 Å². The van der Waals surface area contributed by atoms with Crippen LogP contribution in [0.25, 0.3) is 0 Å². The van der Waals surface area contributed by atoms with E-state index >= 15 is 0 Å². The molecule has 298 valence electrons. The Kier molecular flexibility index (Phi) is 17.1. The standard InChI is InChI=1S/C36H58Br2NO13/c1-12-28-35(8,45)15-25(17-47-23(6)40)29(42)19(2)14-36(9,48-18-26(38)16-37)32(21(4)30(43)22(5)33(44)51-28)52-34-31(50-24(7)41)27(39(10,11)46)13-20(3)49-34/h15,19-22,26-28,31-32,34,45-46H,12-14,16-18H2,1-11H3/q+1/b25-15+/t19-,20-,21+,22-,26?,27+,28-,31-,32-,34?,35+,36+/m1/s1. The summed E-state index contributed by atoms with van der Waals surface area (Å²) in [6.45, 7) is 13.2. The number of hydroxylamine groups is 3. The number of aliphatic hydroxyl groups is 1. The van der Waals surface area contributed by atoms with Crippen LogP contribution in [0.4, 0.5) is 0 Å². The lowest BCUT2D eigenvalue weighted by Crippen LogP contribution is -2.64. The number of rotatable bonds is 11. The predicted molar refractivity (Wildman–Crippen MR) is 196 cm³/mol. The molecule has 0 aliphatic carbocycles. The molecule has 0 saturated carbocycles. The Hall–Kier alpha value is -1.79. The number of likely N-dealkylation sites (N-methyl/N-ethyl adjacent to an activating group) is 1. The van der Waals surface area contributed by atoms with E-state index in [1.165, 1.54) is 47.9 Å². The Bertz CT molecular complexity index is 1320. The van der Waals surface area contributed by atoms with E-state index in [1.807, 2.05) is 0 Å². The monoisotopic (exact) mass is 870 g/mol. The van der Waals surface area contributed by atoms with Crippen LogP contribution < -0.4 is 0 Å². The lowest BCUT2D eigenvalue weighted by molar-refractivity contribution is -1.09. The number of nitrogens with zero attached hydrogens (tertiary/aromatic N) is 1. The molecule has 0 spiro atoms. The largest absolute Gasteiger partial charge is 0.461 e. The van der Waals surface area contributed by atoms with Crippen molar-refractivity contribution < 1.29 is 67.4 Å². The molecule has 1 fully saturated rings. The molecule has 2 aliphatic rings. The zero-order chi connectivity index (χ0) is 39.9. The average molecular weight is 873 g/mol. The Morgan fingerprint density at radius 3 is 2.23 bits per heavy atom. The van der Waals surface area contributed by atoms with Crippen molar-refractivity contribution in [2.45, 2.75) is 134 Å². The van der Waals surface area contributed by atoms with Crippen molar-refractivity contribution in [2.24, 2.45) is 17.8 Å². The summed E-state index contributed by atoms with van der Waals surface area (Å²) in [7, 11) is 3.08. The van der Waals surface area contributed by atoms with Crippen LogP contribution in [-0.2, 0) is 52.4 Å². The first-order valence-corrected chi connectivity index (χ1v) is 19.7. The quantitative estimate of drug-likeness (QED) is 0.0754. The van der Waals surface area contributed by atoms with Crippen molar-refractivity contribution >= 4 is 61.3 Å². The summed E-state index contributed by atoms with van der Waals surface area (Å²) in [6, 6.07) is -0.697. The molecule has 2 aliphatic heterocycles. The minimum absolute atomic E-state index is 0.0276. The highest BCUT2D eigenvalue weighted by atomic mass is 79.9. The molecule has 12 atom stereocenters. The number of hydrogen-bond acceptors (Lipinski definition) is 13. The van der Waals surface area contributed by atoms with Gasteiger partial charge in [0, 0.05) is 47.8 Å². The van der Waals surface area contributed by atoms with Crippen LogP contribution in [0.5, 0.6) is 0 Å². The Labute approximate surface area is 324 Å². The molecule has 14 nitrogen and oxygen atoms in total. The normalized spacial score (nSPS) is 37.2. The molecule has 0 aromatic rings. The molecule has 52 heavy (non-hydrogen) atoms. The lowest BCUT2D eigenvalue weighted by Gasteiger charge is -2.48. The zero-order valence-corrected chi connectivity index (χ0v) is 35.4. The van der Waals surface area contributed by atoms with Crippen molar-refractivity contribution in [3.63, 3.8) is 0 Å². The van der Waals surface area contributed by atoms with Gasteiger partial charge in [-0.2, -0.15) is 4.65 Å². The molecular formula is C36H58Br2NO13+. The van der Waals surface area contributed by atoms with Gasteiger partial charge in [-0.25, -0.2) is 5.21 Å². The summed E-state index contributed by atoms with van der Waals surface area (Å²) in [5.41, 5.74) is -3.38. The molecular weight excluding hydrogens is 814 g/mol. The van der Waals surface area contributed by atoms with Crippen LogP contribution in [-0.4, -0.2) is 130 Å². The second-order valence-corrected chi connectivity index (χ2v) is 16.9. The average Bonchev–Trinajstić information content (AvgIpc) is 3.04. The number of carbonyl (C=O) groups excluding carboxylic acids is 5. The van der Waals surface area contributed by atoms with Crippen molar-refractivity contribution in [3.05, 3.63) is 11.6 Å². The Morgan fingerprint density at radius 1 is 1.10 bits per heavy atom. The van der Waals surface area contributed by atoms with Crippen molar-refractivity contribution in [1.29, 1.82) is 0 Å². The lowest BCUT2D eigenvalue weighted by atomic mass is 9.76. The van der Waals surface area contributed by atoms with E-state index in [0.717, 1.165) is 0 Å². The number of hydrogen-bond donors (Lipinski definition) is 2. The van der Waals surface area contributed by atoms with Gasteiger partial charge in [0.25, 0.3) is 0 Å². The number of quaternary nitrogens is 1. The minimum Gasteiger partial charge on any atom is -0.461 e. The minimum atomic E-state index is -1.88. The van der Waals surface area contributed by atoms with Gasteiger partial charge in [0.15, 0.2) is 17.6 Å². The smallest absolute Gasteiger partial charge is 0.316 e. The summed E-state index contributed by atoms with van der Waals surface area (Å²) in [5.74, 6) is -6.56. The van der Waals surface area contributed by atoms with Gasteiger partial charge in [-0.1, -0.05) is 52.6 Å². The number of Topliss-reactive ketones (excluding diaryl/α,β-unsaturated/α-hetero) is 2. The molecule has 16 heteroatoms. The topological polar surface area (TPSA) is 181 Å². The van der Waals surface area contributed by atoms with E-state index < -0.39 is 106 Å². The van der Waals surface area contributed by atoms with Crippen LogP contribution in [0.3, 0.4) is 0 Å². The first-order chi connectivity index (χ1) is 23.9. The summed E-state index contributed by atoms with van der Waals surface area (Å²) in [4.78, 5) is 66.2. The van der Waals surface area contributed by atoms with E-state index in [9.17, 15) is 34.3 Å². The highest BCUT2D eigenvalue weighted by Gasteiger charge is 2.54. The molecule has 2 rings (SSSR count). The predicted octanol–water partition coefficient (Wildman–Crippen LogP) is 4.22. The number of cyclic esters (lactones) is 1. The second kappa shape index (κ2) is 19.2. The molecule has 2 N–H and O–H groups in total. The Balaban J connectivity index is 2.88. The maximum atomic E-state index is 14.3. The van der Waals surface area contributed by atoms with Gasteiger partial charge in [-0.3, -0.25) is 24.0 Å². The number of esters is 3. The maximum Gasteiger partial charge on any atom is 0.316 e. The van der Waals surface area contributed by atoms with E-state index in [1.54, 1.807) is 34.6 Å². The molecule has 2 unspecified atom stereocenters. The fourth-order valence-corrected chi connectivity index (χ4v) is 7.25. The summed E-state index contributed by atoms with van der Waals surface area (Å²) in [6.07, 6.45) is -3.72. The van der Waals surface area contributed by atoms with Gasteiger partial charge in [0.1, 0.15) is 24.2 Å². The fraction of sp³-hybridized carbons (Fsp3) is 0.806. The van der Waals surface area contributed by atoms with E-state index in [4.69, 9.17) is 28.4 Å². The third kappa shape index (κ3) is 12.4. The van der Waals surface area contributed by atoms with Crippen molar-refractivity contribution in [3.8, 4) is 0 Å². The fourth-order valence-electron chi connectivity index (χ4n) is 6.93. The number of halogens is 2. The highest BCUT2D eigenvalue weighted by molar-refractivity contribution is 9.12. The van der Waals surface area contributed by atoms with Gasteiger partial charge in [-0.05, 0) is 46.6 Å². The first kappa shape index (κ1) is 46.4. The number of alkyl halides is 2. The highest BCUT2D eigenvalue weighted by Crippen LogP contribution is 2.39. The number of ether oxygens (including phenoxy) is 6. The molecule has 0 radical (unpaired) electrons. The van der Waals surface area contributed by atoms with Crippen LogP contribution in [0.2, 0.25) is 0 Å². The van der Waals surface area contributed by atoms with Crippen molar-refractivity contribution in [1.82, 2.24) is 0 Å². The molecule has 0 bridgehead atoms. The van der Waals surface area contributed by atoms with Crippen LogP contribution >= 0.6 is 31.9 Å². The second-order valence-electron chi connectivity index (χ2n) is 15.0. The van der Waals surface area contributed by atoms with Gasteiger partial charge in [0.05, 0.1) is 38.5 Å². The van der Waals surface area contributed by atoms with E-state index in [-0.39, 0.29) is 29.8 Å². The third-order valence-corrected chi connectivity index (χ3v) is 11.9. The number of ketones is 2. The van der Waals surface area contributed by atoms with Crippen LogP contribution in [0, 0.1) is 17.8 Å². The van der Waals surface area contributed by atoms with E-state index in [2.05, 4.69) is 31.9 Å². The molecule has 2 heterocycles. The van der Waals surface area contributed by atoms with Gasteiger partial charge >= 0.3 is 17.9 Å². The summed E-state index contributed by atoms with van der Waals surface area (Å²) in [5, 5.41) is 23.1. The van der Waals surface area contributed by atoms with Crippen LogP contribution in [0.1, 0.15) is 81.6 Å². The Morgan fingerprint density at radius 2 is 1.71 bits per heavy atom. The SMILES string of the molecule is CC[C@H]1OC(=O)[C@H](C)C(=O)[C@H](C)[C@@H](OC2O[C@H](C)C[C@H]([N+](C)(C)O)[C@H]2OC(C)=O)[C@@](C)(OCC(Br)CBr)C[C@@H](C)C(=O)/C(COC(C)=O)=C/[C@]1(C)O. The molecule has 0 amide bonds. The first-order valence-electron chi connectivity index (χ1n) is 17.6.